The fourth-order valence-electron chi connectivity index (χ4n) is 3.45. The van der Waals surface area contributed by atoms with Gasteiger partial charge in [-0.3, -0.25) is 9.36 Å². The van der Waals surface area contributed by atoms with Crippen molar-refractivity contribution in [3.05, 3.63) is 72.3 Å². The number of nitrogens with one attached hydrogen (secondary N) is 1. The van der Waals surface area contributed by atoms with Crippen molar-refractivity contribution in [2.75, 3.05) is 13.7 Å². The van der Waals surface area contributed by atoms with Crippen LogP contribution in [-0.2, 0) is 11.2 Å². The standard InChI is InChI=1S/C25H31N3O2/c1-4-6-7-19-8-10-20(11-9-19)21-12-14-23(15-13-21)28-18-26-16-24(28)25(29)27-22(5-2)17-30-3/h8-16,18,22H,4-7,17H2,1-3H3,(H,27,29)/t22-/m1/s1. The maximum atomic E-state index is 12.7. The van der Waals surface area contributed by atoms with Crippen LogP contribution in [0, 0.1) is 0 Å². The molecule has 5 nitrogen and oxygen atoms in total. The van der Waals surface area contributed by atoms with Crippen LogP contribution in [0.1, 0.15) is 49.2 Å². The first-order valence-corrected chi connectivity index (χ1v) is 10.7. The lowest BCUT2D eigenvalue weighted by atomic mass is 10.0. The van der Waals surface area contributed by atoms with E-state index < -0.39 is 0 Å². The molecule has 1 heterocycles. The Morgan fingerprint density at radius 1 is 1.07 bits per heavy atom. The first-order chi connectivity index (χ1) is 14.7. The number of carbonyl (C=O) groups is 1. The number of imidazole rings is 1. The molecule has 1 aromatic heterocycles. The number of unbranched alkanes of at least 4 members (excludes halogenated alkanes) is 1. The van der Waals surface area contributed by atoms with Gasteiger partial charge in [-0.2, -0.15) is 0 Å². The van der Waals surface area contributed by atoms with Crippen molar-refractivity contribution in [1.82, 2.24) is 14.9 Å². The van der Waals surface area contributed by atoms with E-state index in [1.165, 1.54) is 24.0 Å². The number of carbonyl (C=O) groups excluding carboxylic acids is 1. The van der Waals surface area contributed by atoms with E-state index >= 15 is 0 Å². The van der Waals surface area contributed by atoms with E-state index in [9.17, 15) is 4.79 Å². The Morgan fingerprint density at radius 2 is 1.73 bits per heavy atom. The van der Waals surface area contributed by atoms with Gasteiger partial charge in [0.1, 0.15) is 5.69 Å². The van der Waals surface area contributed by atoms with Gasteiger partial charge in [0.2, 0.25) is 0 Å². The highest BCUT2D eigenvalue weighted by atomic mass is 16.5. The summed E-state index contributed by atoms with van der Waals surface area (Å²) in [6, 6.07) is 17.0. The van der Waals surface area contributed by atoms with Crippen LogP contribution in [-0.4, -0.2) is 35.2 Å². The molecule has 3 aromatic rings. The second-order valence-corrected chi connectivity index (χ2v) is 7.53. The van der Waals surface area contributed by atoms with Crippen LogP contribution in [0.4, 0.5) is 0 Å². The smallest absolute Gasteiger partial charge is 0.270 e. The largest absolute Gasteiger partial charge is 0.383 e. The van der Waals surface area contributed by atoms with E-state index in [2.05, 4.69) is 53.6 Å². The van der Waals surface area contributed by atoms with E-state index in [1.54, 1.807) is 19.6 Å². The summed E-state index contributed by atoms with van der Waals surface area (Å²) in [6.45, 7) is 4.73. The third-order valence-electron chi connectivity index (χ3n) is 5.32. The normalized spacial score (nSPS) is 12.0. The van der Waals surface area contributed by atoms with Gasteiger partial charge in [-0.05, 0) is 48.1 Å². The molecule has 1 N–H and O–H groups in total. The number of hydrogen-bond donors (Lipinski definition) is 1. The van der Waals surface area contributed by atoms with Crippen molar-refractivity contribution in [1.29, 1.82) is 0 Å². The van der Waals surface area contributed by atoms with E-state index in [1.807, 2.05) is 23.6 Å². The van der Waals surface area contributed by atoms with E-state index in [0.717, 1.165) is 24.1 Å². The van der Waals surface area contributed by atoms with Crippen molar-refractivity contribution in [2.24, 2.45) is 0 Å². The third-order valence-corrected chi connectivity index (χ3v) is 5.32. The first kappa shape index (κ1) is 21.8. The van der Waals surface area contributed by atoms with Crippen LogP contribution in [0.3, 0.4) is 0 Å². The number of aryl methyl sites for hydroxylation is 1. The molecule has 0 spiro atoms. The number of nitrogens with zero attached hydrogens (tertiary/aromatic N) is 2. The van der Waals surface area contributed by atoms with E-state index in [-0.39, 0.29) is 11.9 Å². The molecule has 0 saturated heterocycles. The number of methoxy groups -OCH3 is 1. The van der Waals surface area contributed by atoms with Crippen LogP contribution in [0.2, 0.25) is 0 Å². The number of rotatable bonds is 10. The van der Waals surface area contributed by atoms with Crippen LogP contribution in [0.15, 0.2) is 61.1 Å². The number of ether oxygens (including phenoxy) is 1. The summed E-state index contributed by atoms with van der Waals surface area (Å²) in [7, 11) is 1.64. The molecule has 5 heteroatoms. The van der Waals surface area contributed by atoms with Gasteiger partial charge >= 0.3 is 0 Å². The summed E-state index contributed by atoms with van der Waals surface area (Å²) in [4.78, 5) is 16.9. The van der Waals surface area contributed by atoms with Gasteiger partial charge in [0.15, 0.2) is 0 Å². The fraction of sp³-hybridized carbons (Fsp3) is 0.360. The van der Waals surface area contributed by atoms with Gasteiger partial charge in [0.05, 0.1) is 25.2 Å². The Bertz CT molecular complexity index is 930. The van der Waals surface area contributed by atoms with Gasteiger partial charge in [-0.1, -0.05) is 56.7 Å². The lowest BCUT2D eigenvalue weighted by molar-refractivity contribution is 0.0888. The summed E-state index contributed by atoms with van der Waals surface area (Å²) in [5, 5.41) is 3.01. The molecule has 0 aliphatic rings. The van der Waals surface area contributed by atoms with E-state index in [0.29, 0.717) is 12.3 Å². The Labute approximate surface area is 179 Å². The number of benzene rings is 2. The molecule has 0 fully saturated rings. The SMILES string of the molecule is CCCCc1ccc(-c2ccc(-n3cncc3C(=O)N[C@H](CC)COC)cc2)cc1. The maximum absolute atomic E-state index is 12.7. The molecule has 0 unspecified atom stereocenters. The fourth-order valence-corrected chi connectivity index (χ4v) is 3.45. The number of hydrogen-bond acceptors (Lipinski definition) is 3. The molecule has 1 amide bonds. The molecule has 0 aliphatic heterocycles. The highest BCUT2D eigenvalue weighted by molar-refractivity contribution is 5.93. The van der Waals surface area contributed by atoms with Crippen molar-refractivity contribution in [3.8, 4) is 16.8 Å². The highest BCUT2D eigenvalue weighted by Crippen LogP contribution is 2.23. The average molecular weight is 406 g/mol. The predicted octanol–water partition coefficient (Wildman–Crippen LogP) is 5.04. The maximum Gasteiger partial charge on any atom is 0.270 e. The van der Waals surface area contributed by atoms with Crippen molar-refractivity contribution >= 4 is 5.91 Å². The molecule has 0 bridgehead atoms. The summed E-state index contributed by atoms with van der Waals surface area (Å²) < 4.78 is 6.98. The molecule has 0 aliphatic carbocycles. The zero-order valence-electron chi connectivity index (χ0n) is 18.1. The lowest BCUT2D eigenvalue weighted by Crippen LogP contribution is -2.38. The van der Waals surface area contributed by atoms with Crippen molar-refractivity contribution < 1.29 is 9.53 Å². The molecule has 30 heavy (non-hydrogen) atoms. The highest BCUT2D eigenvalue weighted by Gasteiger charge is 2.16. The molecule has 1 atom stereocenters. The van der Waals surface area contributed by atoms with E-state index in [4.69, 9.17) is 4.74 Å². The third kappa shape index (κ3) is 5.36. The number of amides is 1. The minimum absolute atomic E-state index is 0.0199. The summed E-state index contributed by atoms with van der Waals surface area (Å²) in [6.07, 6.45) is 7.63. The van der Waals surface area contributed by atoms with Gasteiger partial charge in [0, 0.05) is 12.8 Å². The van der Waals surface area contributed by atoms with Crippen LogP contribution < -0.4 is 5.32 Å². The van der Waals surface area contributed by atoms with Crippen LogP contribution in [0.5, 0.6) is 0 Å². The van der Waals surface area contributed by atoms with Crippen LogP contribution in [0.25, 0.3) is 16.8 Å². The molecule has 0 saturated carbocycles. The quantitative estimate of drug-likeness (QED) is 0.514. The summed E-state index contributed by atoms with van der Waals surface area (Å²) in [5.74, 6) is -0.150. The molecule has 3 rings (SSSR count). The van der Waals surface area contributed by atoms with Crippen molar-refractivity contribution in [3.63, 3.8) is 0 Å². The summed E-state index contributed by atoms with van der Waals surface area (Å²) in [5.41, 5.74) is 5.14. The zero-order chi connectivity index (χ0) is 21.3. The zero-order valence-corrected chi connectivity index (χ0v) is 18.1. The topological polar surface area (TPSA) is 56.2 Å². The van der Waals surface area contributed by atoms with Gasteiger partial charge in [-0.15, -0.1) is 0 Å². The second kappa shape index (κ2) is 10.7. The molecular formula is C25H31N3O2. The van der Waals surface area contributed by atoms with Crippen molar-refractivity contribution in [2.45, 2.75) is 45.6 Å². The lowest BCUT2D eigenvalue weighted by Gasteiger charge is -2.16. The van der Waals surface area contributed by atoms with Gasteiger partial charge < -0.3 is 10.1 Å². The second-order valence-electron chi connectivity index (χ2n) is 7.53. The molecule has 2 aromatic carbocycles. The Kier molecular flexibility index (Phi) is 7.80. The van der Waals surface area contributed by atoms with Gasteiger partial charge in [0.25, 0.3) is 5.91 Å². The molecule has 158 valence electrons. The minimum atomic E-state index is -0.150. The summed E-state index contributed by atoms with van der Waals surface area (Å²) >= 11 is 0. The predicted molar refractivity (Wildman–Crippen MR) is 121 cm³/mol. The minimum Gasteiger partial charge on any atom is -0.383 e. The monoisotopic (exact) mass is 405 g/mol. The Hall–Kier alpha value is -2.92. The number of aromatic nitrogens is 2. The Balaban J connectivity index is 1.74. The molecular weight excluding hydrogens is 374 g/mol. The Morgan fingerprint density at radius 3 is 2.33 bits per heavy atom. The van der Waals surface area contributed by atoms with Gasteiger partial charge in [-0.25, -0.2) is 4.98 Å². The molecule has 0 radical (unpaired) electrons. The van der Waals surface area contributed by atoms with Crippen LogP contribution >= 0.6 is 0 Å². The average Bonchev–Trinajstić information content (AvgIpc) is 3.28. The first-order valence-electron chi connectivity index (χ1n) is 10.7.